The molecule has 0 aliphatic carbocycles. The molecule has 8 nitrogen and oxygen atoms in total. The molecule has 0 aliphatic heterocycles. The number of aliphatic hydroxyl groups is 1. The Bertz CT molecular complexity index is 1530. The maximum atomic E-state index is 13.0. The number of esters is 1. The molecule has 0 saturated carbocycles. The van der Waals surface area contributed by atoms with Crippen LogP contribution in [0.25, 0.3) is 39.0 Å². The van der Waals surface area contributed by atoms with Crippen LogP contribution >= 0.6 is 0 Å². The van der Waals surface area contributed by atoms with E-state index in [0.717, 1.165) is 5.52 Å². The Morgan fingerprint density at radius 3 is 2.61 bits per heavy atom. The number of furan rings is 1. The second-order valence-electron chi connectivity index (χ2n) is 7.16. The number of nitrogens with one attached hydrogen (secondary N) is 1. The number of rotatable bonds is 5. The molecule has 5 rings (SSSR count). The van der Waals surface area contributed by atoms with Gasteiger partial charge in [0.15, 0.2) is 17.3 Å². The predicted octanol–water partition coefficient (Wildman–Crippen LogP) is 5.02. The molecule has 160 valence electrons. The third-order valence-electron chi connectivity index (χ3n) is 5.08. The van der Waals surface area contributed by atoms with Gasteiger partial charge in [-0.25, -0.2) is 14.8 Å². The van der Waals surface area contributed by atoms with Crippen molar-refractivity contribution in [2.45, 2.75) is 0 Å². The lowest BCUT2D eigenvalue weighted by Gasteiger charge is -2.09. The number of imidazole rings is 1. The SMILES string of the molecule is N#C/C(=C(/O)COC(=O)c1cc(-c2ccco2)nc2ccccc12)c1nc2ccccc2[nH]1. The normalized spacial score (nSPS) is 11.8. The van der Waals surface area contributed by atoms with Crippen LogP contribution < -0.4 is 0 Å². The number of nitrogens with zero attached hydrogens (tertiary/aromatic N) is 3. The quantitative estimate of drug-likeness (QED) is 0.225. The molecule has 5 aromatic rings. The number of para-hydroxylation sites is 3. The van der Waals surface area contributed by atoms with E-state index in [2.05, 4.69) is 15.0 Å². The fourth-order valence-corrected chi connectivity index (χ4v) is 3.50. The molecule has 0 spiro atoms. The van der Waals surface area contributed by atoms with Crippen molar-refractivity contribution in [3.05, 3.63) is 90.1 Å². The molecule has 0 bridgehead atoms. The van der Waals surface area contributed by atoms with E-state index in [1.807, 2.05) is 30.3 Å². The Balaban J connectivity index is 1.45. The lowest BCUT2D eigenvalue weighted by atomic mass is 10.1. The molecule has 2 N–H and O–H groups in total. The largest absolute Gasteiger partial charge is 0.507 e. The van der Waals surface area contributed by atoms with E-state index in [0.29, 0.717) is 27.9 Å². The van der Waals surface area contributed by atoms with E-state index in [-0.39, 0.29) is 17.0 Å². The van der Waals surface area contributed by atoms with Gasteiger partial charge in [0, 0.05) is 5.39 Å². The van der Waals surface area contributed by atoms with Crippen LogP contribution in [0.4, 0.5) is 0 Å². The summed E-state index contributed by atoms with van der Waals surface area (Å²) in [7, 11) is 0. The number of carbonyl (C=O) groups excluding carboxylic acids is 1. The molecule has 0 saturated heterocycles. The maximum absolute atomic E-state index is 13.0. The minimum atomic E-state index is -0.671. The van der Waals surface area contributed by atoms with Gasteiger partial charge in [0.2, 0.25) is 0 Å². The lowest BCUT2D eigenvalue weighted by molar-refractivity contribution is 0.0505. The zero-order valence-electron chi connectivity index (χ0n) is 17.1. The van der Waals surface area contributed by atoms with Crippen LogP contribution in [0.2, 0.25) is 0 Å². The molecule has 2 aromatic carbocycles. The monoisotopic (exact) mass is 436 g/mol. The van der Waals surface area contributed by atoms with Gasteiger partial charge < -0.3 is 19.2 Å². The van der Waals surface area contributed by atoms with Crippen LogP contribution in [0.5, 0.6) is 0 Å². The van der Waals surface area contributed by atoms with E-state index in [1.165, 1.54) is 6.26 Å². The van der Waals surface area contributed by atoms with Crippen molar-refractivity contribution >= 4 is 33.5 Å². The summed E-state index contributed by atoms with van der Waals surface area (Å²) in [4.78, 5) is 24.8. The first kappa shape index (κ1) is 20.0. The first-order valence-electron chi connectivity index (χ1n) is 10.0. The average molecular weight is 436 g/mol. The molecular weight excluding hydrogens is 420 g/mol. The van der Waals surface area contributed by atoms with E-state index >= 15 is 0 Å². The van der Waals surface area contributed by atoms with Crippen LogP contribution in [-0.4, -0.2) is 32.6 Å². The van der Waals surface area contributed by atoms with Gasteiger partial charge in [0.25, 0.3) is 0 Å². The predicted molar refractivity (Wildman–Crippen MR) is 121 cm³/mol. The molecule has 0 aliphatic rings. The van der Waals surface area contributed by atoms with Gasteiger partial charge in [-0.15, -0.1) is 0 Å². The number of ether oxygens (including phenoxy) is 1. The number of allylic oxidation sites excluding steroid dienone is 1. The lowest BCUT2D eigenvalue weighted by Crippen LogP contribution is -2.10. The Morgan fingerprint density at radius 1 is 1.06 bits per heavy atom. The van der Waals surface area contributed by atoms with E-state index in [4.69, 9.17) is 9.15 Å². The maximum Gasteiger partial charge on any atom is 0.339 e. The van der Waals surface area contributed by atoms with Gasteiger partial charge in [-0.3, -0.25) is 0 Å². The summed E-state index contributed by atoms with van der Waals surface area (Å²) in [5, 5.41) is 20.6. The highest BCUT2D eigenvalue weighted by molar-refractivity contribution is 6.04. The summed E-state index contributed by atoms with van der Waals surface area (Å²) in [5.41, 5.74) is 2.61. The summed E-state index contributed by atoms with van der Waals surface area (Å²) in [6.07, 6.45) is 1.52. The number of H-pyrrole nitrogens is 1. The number of hydrogen-bond donors (Lipinski definition) is 2. The molecule has 0 radical (unpaired) electrons. The number of aromatic nitrogens is 3. The molecule has 3 heterocycles. The van der Waals surface area contributed by atoms with Crippen molar-refractivity contribution in [3.63, 3.8) is 0 Å². The van der Waals surface area contributed by atoms with Crippen molar-refractivity contribution in [2.75, 3.05) is 6.61 Å². The number of hydrogen-bond acceptors (Lipinski definition) is 7. The van der Waals surface area contributed by atoms with Crippen molar-refractivity contribution in [1.82, 2.24) is 15.0 Å². The Labute approximate surface area is 187 Å². The standard InChI is InChI=1S/C25H16N4O4/c26-13-17(24-28-19-8-3-4-9-20(19)29-24)22(30)14-33-25(31)16-12-21(23-10-5-11-32-23)27-18-7-2-1-6-15(16)18/h1-12,30H,14H2,(H,28,29)/b22-17-. The average Bonchev–Trinajstić information content (AvgIpc) is 3.52. The Morgan fingerprint density at radius 2 is 1.85 bits per heavy atom. The first-order valence-corrected chi connectivity index (χ1v) is 10.0. The van der Waals surface area contributed by atoms with Gasteiger partial charge in [-0.1, -0.05) is 30.3 Å². The van der Waals surface area contributed by atoms with Gasteiger partial charge in [0.05, 0.1) is 28.4 Å². The highest BCUT2D eigenvalue weighted by Crippen LogP contribution is 2.26. The topological polar surface area (TPSA) is 125 Å². The third-order valence-corrected chi connectivity index (χ3v) is 5.08. The first-order chi connectivity index (χ1) is 16.1. The molecule has 0 fully saturated rings. The van der Waals surface area contributed by atoms with Gasteiger partial charge in [-0.05, 0) is 36.4 Å². The van der Waals surface area contributed by atoms with E-state index in [9.17, 15) is 15.2 Å². The molecule has 0 atom stereocenters. The second kappa shape index (κ2) is 8.32. The number of fused-ring (bicyclic) bond motifs is 2. The van der Waals surface area contributed by atoms with Crippen LogP contribution in [0.1, 0.15) is 16.2 Å². The highest BCUT2D eigenvalue weighted by atomic mass is 16.5. The Kier molecular flexibility index (Phi) is 5.05. The summed E-state index contributed by atoms with van der Waals surface area (Å²) in [6.45, 7) is -0.495. The molecule has 8 heteroatoms. The van der Waals surface area contributed by atoms with Gasteiger partial charge in [0.1, 0.15) is 23.9 Å². The summed E-state index contributed by atoms with van der Waals surface area (Å²) < 4.78 is 10.8. The molecule has 0 amide bonds. The minimum absolute atomic E-state index is 0.102. The van der Waals surface area contributed by atoms with Crippen molar-refractivity contribution in [2.24, 2.45) is 0 Å². The van der Waals surface area contributed by atoms with E-state index in [1.54, 1.807) is 42.5 Å². The molecule has 3 aromatic heterocycles. The Hall–Kier alpha value is -4.90. The number of benzene rings is 2. The van der Waals surface area contributed by atoms with Crippen LogP contribution in [0.3, 0.4) is 0 Å². The number of aliphatic hydroxyl groups excluding tert-OH is 1. The summed E-state index contributed by atoms with van der Waals surface area (Å²) >= 11 is 0. The van der Waals surface area contributed by atoms with Crippen molar-refractivity contribution < 1.29 is 19.1 Å². The number of aromatic amines is 1. The summed E-state index contributed by atoms with van der Waals surface area (Å²) in [6, 6.07) is 21.4. The van der Waals surface area contributed by atoms with Gasteiger partial charge in [-0.2, -0.15) is 5.26 Å². The molecular formula is C25H16N4O4. The second-order valence-corrected chi connectivity index (χ2v) is 7.16. The van der Waals surface area contributed by atoms with Gasteiger partial charge >= 0.3 is 5.97 Å². The molecule has 33 heavy (non-hydrogen) atoms. The number of pyridine rings is 1. The fourth-order valence-electron chi connectivity index (χ4n) is 3.50. The molecule has 0 unspecified atom stereocenters. The third kappa shape index (κ3) is 3.79. The van der Waals surface area contributed by atoms with Crippen molar-refractivity contribution in [3.8, 4) is 17.5 Å². The summed E-state index contributed by atoms with van der Waals surface area (Å²) in [5.74, 6) is -0.375. The number of carbonyl (C=O) groups is 1. The number of nitriles is 1. The minimum Gasteiger partial charge on any atom is -0.507 e. The van der Waals surface area contributed by atoms with Crippen LogP contribution in [0.15, 0.2) is 83.2 Å². The van der Waals surface area contributed by atoms with E-state index < -0.39 is 18.3 Å². The zero-order chi connectivity index (χ0) is 22.8. The van der Waals surface area contributed by atoms with Crippen LogP contribution in [0, 0.1) is 11.3 Å². The van der Waals surface area contributed by atoms with Crippen LogP contribution in [-0.2, 0) is 4.74 Å². The highest BCUT2D eigenvalue weighted by Gasteiger charge is 2.19. The fraction of sp³-hybridized carbons (Fsp3) is 0.0400. The smallest absolute Gasteiger partial charge is 0.339 e. The zero-order valence-corrected chi connectivity index (χ0v) is 17.1. The van der Waals surface area contributed by atoms with Crippen molar-refractivity contribution in [1.29, 1.82) is 5.26 Å².